The van der Waals surface area contributed by atoms with Gasteiger partial charge in [0.05, 0.1) is 6.61 Å². The van der Waals surface area contributed by atoms with E-state index >= 15 is 0 Å². The molecular weight excluding hydrogens is 464 g/mol. The van der Waals surface area contributed by atoms with E-state index in [9.17, 15) is 9.18 Å². The topological polar surface area (TPSA) is 92.0 Å². The maximum Gasteiger partial charge on any atom is 0.409 e. The molecule has 7 nitrogen and oxygen atoms in total. The minimum absolute atomic E-state index is 0. The third-order valence-corrected chi connectivity index (χ3v) is 4.14. The molecule has 9 heteroatoms. The van der Waals surface area contributed by atoms with Gasteiger partial charge in [0.2, 0.25) is 0 Å². The number of nitrogens with two attached hydrogens (primary N) is 1. The number of aliphatic imine (C=N–C) groups is 1. The number of amides is 1. The maximum absolute atomic E-state index is 13.1. The molecule has 0 bridgehead atoms. The second-order valence-corrected chi connectivity index (χ2v) is 6.16. The lowest BCUT2D eigenvalue weighted by atomic mass is 10.1. The van der Waals surface area contributed by atoms with Crippen molar-refractivity contribution in [1.29, 1.82) is 0 Å². The lowest BCUT2D eigenvalue weighted by molar-refractivity contribution is 0.0963. The Kier molecular flexibility index (Phi) is 10.8. The minimum atomic E-state index is -0.254. The summed E-state index contributed by atoms with van der Waals surface area (Å²) >= 11 is 0. The van der Waals surface area contributed by atoms with Gasteiger partial charge >= 0.3 is 6.09 Å². The molecule has 0 spiro atoms. The van der Waals surface area contributed by atoms with Crippen LogP contribution in [-0.4, -0.2) is 55.8 Å². The fourth-order valence-electron chi connectivity index (χ4n) is 2.79. The second kappa shape index (κ2) is 12.6. The zero-order valence-corrected chi connectivity index (χ0v) is 17.9. The predicted molar refractivity (Wildman–Crippen MR) is 116 cm³/mol. The lowest BCUT2D eigenvalue weighted by Gasteiger charge is -2.31. The molecule has 1 aromatic rings. The summed E-state index contributed by atoms with van der Waals surface area (Å²) in [6, 6.07) is 6.59. The molecule has 0 aromatic heterocycles. The van der Waals surface area contributed by atoms with Gasteiger partial charge in [-0.25, -0.2) is 9.18 Å². The number of carbonyl (C=O) groups is 1. The van der Waals surface area contributed by atoms with Crippen LogP contribution in [0.15, 0.2) is 29.3 Å². The highest BCUT2D eigenvalue weighted by molar-refractivity contribution is 14.0. The van der Waals surface area contributed by atoms with Gasteiger partial charge in [-0.3, -0.25) is 4.99 Å². The molecule has 0 radical (unpaired) electrons. The highest BCUT2D eigenvalue weighted by atomic mass is 127. The van der Waals surface area contributed by atoms with Gasteiger partial charge in [0.1, 0.15) is 5.82 Å². The van der Waals surface area contributed by atoms with E-state index in [1.807, 2.05) is 6.07 Å². The van der Waals surface area contributed by atoms with Gasteiger partial charge < -0.3 is 26.0 Å². The van der Waals surface area contributed by atoms with Crippen molar-refractivity contribution < 1.29 is 13.9 Å². The molecule has 0 saturated carbocycles. The fraction of sp³-hybridized carbons (Fsp3) is 0.556. The molecule has 2 rings (SSSR count). The van der Waals surface area contributed by atoms with Crippen LogP contribution in [0.25, 0.3) is 0 Å². The van der Waals surface area contributed by atoms with Gasteiger partial charge in [-0.05, 0) is 44.4 Å². The first kappa shape index (κ1) is 23.3. The van der Waals surface area contributed by atoms with E-state index in [-0.39, 0.29) is 41.9 Å². The number of carbonyl (C=O) groups excluding carboxylic acids is 1. The van der Waals surface area contributed by atoms with Crippen LogP contribution >= 0.6 is 24.0 Å². The molecule has 0 aliphatic carbocycles. The van der Waals surface area contributed by atoms with Crippen molar-refractivity contribution in [3.8, 4) is 0 Å². The van der Waals surface area contributed by atoms with Crippen molar-refractivity contribution in [1.82, 2.24) is 10.2 Å². The maximum atomic E-state index is 13.1. The van der Waals surface area contributed by atoms with Crippen molar-refractivity contribution in [2.75, 3.05) is 38.1 Å². The van der Waals surface area contributed by atoms with Crippen LogP contribution in [0.5, 0.6) is 0 Å². The Morgan fingerprint density at radius 1 is 1.41 bits per heavy atom. The average Bonchev–Trinajstić information content (AvgIpc) is 2.62. The molecule has 1 aliphatic rings. The van der Waals surface area contributed by atoms with Crippen LogP contribution in [0.1, 0.15) is 26.2 Å². The van der Waals surface area contributed by atoms with E-state index in [2.05, 4.69) is 15.6 Å². The second-order valence-electron chi connectivity index (χ2n) is 6.16. The molecule has 1 saturated heterocycles. The van der Waals surface area contributed by atoms with Gasteiger partial charge in [-0.2, -0.15) is 0 Å². The highest BCUT2D eigenvalue weighted by Crippen LogP contribution is 2.11. The van der Waals surface area contributed by atoms with E-state index < -0.39 is 0 Å². The summed E-state index contributed by atoms with van der Waals surface area (Å²) in [6.45, 7) is 4.78. The van der Waals surface area contributed by atoms with Crippen LogP contribution in [0.2, 0.25) is 0 Å². The summed E-state index contributed by atoms with van der Waals surface area (Å²) in [5, 5.41) is 6.35. The van der Waals surface area contributed by atoms with Crippen LogP contribution in [0.3, 0.4) is 0 Å². The summed E-state index contributed by atoms with van der Waals surface area (Å²) in [7, 11) is 0. The third kappa shape index (κ3) is 8.63. The number of benzene rings is 1. The molecule has 1 amide bonds. The SMILES string of the molecule is CCOC(=O)N1CCC(NC(N)=NCCCNc2cccc(F)c2)CC1.I. The minimum Gasteiger partial charge on any atom is -0.450 e. The first-order chi connectivity index (χ1) is 12.6. The van der Waals surface area contributed by atoms with E-state index in [0.29, 0.717) is 38.7 Å². The molecule has 27 heavy (non-hydrogen) atoms. The van der Waals surface area contributed by atoms with Gasteiger partial charge in [-0.1, -0.05) is 6.07 Å². The number of halogens is 2. The number of nitrogens with zero attached hydrogens (tertiary/aromatic N) is 2. The summed E-state index contributed by atoms with van der Waals surface area (Å²) < 4.78 is 18.1. The number of guanidine groups is 1. The van der Waals surface area contributed by atoms with Gasteiger partial charge in [0.25, 0.3) is 0 Å². The van der Waals surface area contributed by atoms with Crippen molar-refractivity contribution in [3.05, 3.63) is 30.1 Å². The molecule has 1 aromatic carbocycles. The van der Waals surface area contributed by atoms with Crippen LogP contribution in [0, 0.1) is 5.82 Å². The van der Waals surface area contributed by atoms with Crippen molar-refractivity contribution in [3.63, 3.8) is 0 Å². The molecule has 0 unspecified atom stereocenters. The molecule has 1 heterocycles. The predicted octanol–water partition coefficient (Wildman–Crippen LogP) is 2.77. The quantitative estimate of drug-likeness (QED) is 0.235. The Balaban J connectivity index is 0.00000364. The molecule has 0 atom stereocenters. The largest absolute Gasteiger partial charge is 0.450 e. The third-order valence-electron chi connectivity index (χ3n) is 4.14. The standard InChI is InChI=1S/C18H28FN5O2.HI/c1-2-26-18(25)24-11-7-15(8-12-24)23-17(20)22-10-4-9-21-16-6-3-5-14(19)13-16;/h3,5-6,13,15,21H,2,4,7-12H2,1H3,(H3,20,22,23);1H. The van der Waals surface area contributed by atoms with Crippen molar-refractivity contribution in [2.24, 2.45) is 10.7 Å². The Bertz CT molecular complexity index is 609. The summed E-state index contributed by atoms with van der Waals surface area (Å²) in [6.07, 6.45) is 2.17. The molecule has 1 fully saturated rings. The first-order valence-electron chi connectivity index (χ1n) is 9.06. The summed E-state index contributed by atoms with van der Waals surface area (Å²) in [4.78, 5) is 17.7. The van der Waals surface area contributed by atoms with Crippen LogP contribution in [-0.2, 0) is 4.74 Å². The number of likely N-dealkylation sites (tertiary alicyclic amines) is 1. The normalized spacial score (nSPS) is 15.0. The number of anilines is 1. The Labute approximate surface area is 176 Å². The number of nitrogens with one attached hydrogen (secondary N) is 2. The lowest BCUT2D eigenvalue weighted by Crippen LogP contribution is -2.48. The molecule has 152 valence electrons. The number of piperidine rings is 1. The van der Waals surface area contributed by atoms with Crippen LogP contribution in [0.4, 0.5) is 14.9 Å². The van der Waals surface area contributed by atoms with Gasteiger partial charge in [0, 0.05) is 37.9 Å². The summed E-state index contributed by atoms with van der Waals surface area (Å²) in [5.41, 5.74) is 6.68. The van der Waals surface area contributed by atoms with E-state index in [4.69, 9.17) is 10.5 Å². The molecular formula is C18H29FIN5O2. The van der Waals surface area contributed by atoms with Gasteiger partial charge in [-0.15, -0.1) is 24.0 Å². The highest BCUT2D eigenvalue weighted by Gasteiger charge is 2.23. The smallest absolute Gasteiger partial charge is 0.409 e. The number of hydrogen-bond donors (Lipinski definition) is 3. The van der Waals surface area contributed by atoms with Crippen molar-refractivity contribution >= 4 is 41.7 Å². The first-order valence-corrected chi connectivity index (χ1v) is 9.06. The molecule has 1 aliphatic heterocycles. The van der Waals surface area contributed by atoms with Crippen molar-refractivity contribution in [2.45, 2.75) is 32.2 Å². The Morgan fingerprint density at radius 2 is 2.15 bits per heavy atom. The Morgan fingerprint density at radius 3 is 2.81 bits per heavy atom. The van der Waals surface area contributed by atoms with Crippen LogP contribution < -0.4 is 16.4 Å². The van der Waals surface area contributed by atoms with E-state index in [0.717, 1.165) is 24.9 Å². The number of hydrogen-bond acceptors (Lipinski definition) is 4. The summed E-state index contributed by atoms with van der Waals surface area (Å²) in [5.74, 6) is 0.167. The Hall–Kier alpha value is -1.78. The zero-order valence-electron chi connectivity index (χ0n) is 15.6. The number of ether oxygens (including phenoxy) is 1. The van der Waals surface area contributed by atoms with E-state index in [1.54, 1.807) is 17.9 Å². The number of rotatable bonds is 7. The zero-order chi connectivity index (χ0) is 18.8. The fourth-order valence-corrected chi connectivity index (χ4v) is 2.79. The molecule has 4 N–H and O–H groups in total. The monoisotopic (exact) mass is 493 g/mol. The average molecular weight is 493 g/mol. The van der Waals surface area contributed by atoms with E-state index in [1.165, 1.54) is 12.1 Å². The van der Waals surface area contributed by atoms with Gasteiger partial charge in [0.15, 0.2) is 5.96 Å².